The largest absolute Gasteiger partial charge is 0.490 e. The smallest absolute Gasteiger partial charge is 0.325 e. The Bertz CT molecular complexity index is 559. The quantitative estimate of drug-likeness (QED) is 0.421. The van der Waals surface area contributed by atoms with E-state index in [0.29, 0.717) is 11.4 Å². The first-order valence-electron chi connectivity index (χ1n) is 5.92. The molecule has 0 spiro atoms. The van der Waals surface area contributed by atoms with Crippen LogP contribution in [0, 0.1) is 0 Å². The summed E-state index contributed by atoms with van der Waals surface area (Å²) < 4.78 is 35.4. The van der Waals surface area contributed by atoms with E-state index >= 15 is 0 Å². The Morgan fingerprint density at radius 3 is 2.65 bits per heavy atom. The van der Waals surface area contributed by atoms with Crippen molar-refractivity contribution in [2.45, 2.75) is 12.2 Å². The van der Waals surface area contributed by atoms with Gasteiger partial charge in [-0.2, -0.15) is 0 Å². The van der Waals surface area contributed by atoms with Gasteiger partial charge in [0.15, 0.2) is 5.25 Å². The lowest BCUT2D eigenvalue weighted by Crippen LogP contribution is -2.39. The number of esters is 1. The van der Waals surface area contributed by atoms with Gasteiger partial charge < -0.3 is 15.2 Å². The van der Waals surface area contributed by atoms with Crippen LogP contribution in [0.3, 0.4) is 0 Å². The highest BCUT2D eigenvalue weighted by molar-refractivity contribution is 7.90. The molecule has 0 aliphatic carbocycles. The second kappa shape index (κ2) is 7.11. The third-order valence-electron chi connectivity index (χ3n) is 2.58. The minimum atomic E-state index is -3.77. The first-order chi connectivity index (χ1) is 9.38. The first-order valence-corrected chi connectivity index (χ1v) is 7.46. The molecular formula is C12H18N2O5S. The maximum atomic E-state index is 11.7. The van der Waals surface area contributed by atoms with Crippen molar-refractivity contribution in [3.05, 3.63) is 24.3 Å². The summed E-state index contributed by atoms with van der Waals surface area (Å²) in [5, 5.41) is -1.27. The zero-order valence-corrected chi connectivity index (χ0v) is 12.1. The molecule has 8 heteroatoms. The average molecular weight is 302 g/mol. The second-order valence-electron chi connectivity index (χ2n) is 3.99. The lowest BCUT2D eigenvalue weighted by atomic mass is 10.3. The Labute approximate surface area is 118 Å². The van der Waals surface area contributed by atoms with E-state index in [1.807, 2.05) is 0 Å². The summed E-state index contributed by atoms with van der Waals surface area (Å²) in [6, 6.07) is 6.89. The standard InChI is InChI=1S/C12H18N2O5S/c1-9(12(15)18-2)20(16,17)14-7-8-19-11-6-4-3-5-10(11)13/h3-6,9,14H,7-8,13H2,1-2H3. The number of methoxy groups -OCH3 is 1. The van der Waals surface area contributed by atoms with Crippen LogP contribution in [-0.2, 0) is 19.6 Å². The van der Waals surface area contributed by atoms with Gasteiger partial charge in [-0.05, 0) is 19.1 Å². The van der Waals surface area contributed by atoms with Crippen LogP contribution in [0.1, 0.15) is 6.92 Å². The number of nitrogen functional groups attached to an aromatic ring is 1. The number of hydrogen-bond donors (Lipinski definition) is 2. The molecule has 0 amide bonds. The predicted octanol–water partition coefficient (Wildman–Crippen LogP) is 0.128. The van der Waals surface area contributed by atoms with Crippen molar-refractivity contribution in [3.63, 3.8) is 0 Å². The number of para-hydroxylation sites is 2. The van der Waals surface area contributed by atoms with Crippen molar-refractivity contribution in [1.82, 2.24) is 4.72 Å². The van der Waals surface area contributed by atoms with E-state index in [1.54, 1.807) is 24.3 Å². The molecule has 0 aromatic heterocycles. The van der Waals surface area contributed by atoms with Crippen LogP contribution in [0.25, 0.3) is 0 Å². The molecule has 1 unspecified atom stereocenters. The van der Waals surface area contributed by atoms with Crippen LogP contribution >= 0.6 is 0 Å². The molecule has 0 radical (unpaired) electrons. The van der Waals surface area contributed by atoms with Crippen LogP contribution < -0.4 is 15.2 Å². The fraction of sp³-hybridized carbons (Fsp3) is 0.417. The Balaban J connectivity index is 2.45. The van der Waals surface area contributed by atoms with E-state index in [1.165, 1.54) is 6.92 Å². The summed E-state index contributed by atoms with van der Waals surface area (Å²) in [4.78, 5) is 11.2. The number of anilines is 1. The summed E-state index contributed by atoms with van der Waals surface area (Å²) in [7, 11) is -2.64. The van der Waals surface area contributed by atoms with E-state index in [9.17, 15) is 13.2 Å². The fourth-order valence-corrected chi connectivity index (χ4v) is 2.34. The normalized spacial score (nSPS) is 12.7. The van der Waals surface area contributed by atoms with E-state index < -0.39 is 21.2 Å². The minimum Gasteiger partial charge on any atom is -0.490 e. The lowest BCUT2D eigenvalue weighted by Gasteiger charge is -2.13. The molecule has 7 nitrogen and oxygen atoms in total. The summed E-state index contributed by atoms with van der Waals surface area (Å²) in [6.45, 7) is 1.38. The molecular weight excluding hydrogens is 284 g/mol. The number of rotatable bonds is 7. The molecule has 0 saturated heterocycles. The van der Waals surface area contributed by atoms with Crippen molar-refractivity contribution in [2.75, 3.05) is 26.0 Å². The van der Waals surface area contributed by atoms with Gasteiger partial charge in [-0.15, -0.1) is 0 Å². The van der Waals surface area contributed by atoms with Crippen molar-refractivity contribution in [1.29, 1.82) is 0 Å². The summed E-state index contributed by atoms with van der Waals surface area (Å²) >= 11 is 0. The Kier molecular flexibility index (Phi) is 5.78. The third-order valence-corrected chi connectivity index (χ3v) is 4.31. The molecule has 1 aromatic carbocycles. The maximum Gasteiger partial charge on any atom is 0.325 e. The molecule has 0 heterocycles. The van der Waals surface area contributed by atoms with Gasteiger partial charge >= 0.3 is 5.97 Å². The number of carbonyl (C=O) groups is 1. The number of nitrogens with one attached hydrogen (secondary N) is 1. The van der Waals surface area contributed by atoms with Gasteiger partial charge in [-0.25, -0.2) is 13.1 Å². The average Bonchev–Trinajstić information content (AvgIpc) is 2.43. The van der Waals surface area contributed by atoms with E-state index in [4.69, 9.17) is 10.5 Å². The molecule has 0 saturated carbocycles. The number of benzene rings is 1. The van der Waals surface area contributed by atoms with E-state index in [0.717, 1.165) is 7.11 Å². The van der Waals surface area contributed by atoms with Crippen molar-refractivity contribution in [2.24, 2.45) is 0 Å². The van der Waals surface area contributed by atoms with E-state index in [-0.39, 0.29) is 13.2 Å². The number of carbonyl (C=O) groups excluding carboxylic acids is 1. The topological polar surface area (TPSA) is 108 Å². The van der Waals surface area contributed by atoms with Gasteiger partial charge in [-0.3, -0.25) is 4.79 Å². The van der Waals surface area contributed by atoms with Gasteiger partial charge in [0.05, 0.1) is 12.8 Å². The monoisotopic (exact) mass is 302 g/mol. The van der Waals surface area contributed by atoms with Crippen molar-refractivity contribution < 1.29 is 22.7 Å². The van der Waals surface area contributed by atoms with Gasteiger partial charge in [0.2, 0.25) is 10.0 Å². The van der Waals surface area contributed by atoms with Gasteiger partial charge in [0, 0.05) is 6.54 Å². The van der Waals surface area contributed by atoms with Gasteiger partial charge in [0.25, 0.3) is 0 Å². The Morgan fingerprint density at radius 2 is 2.05 bits per heavy atom. The molecule has 0 aliphatic heterocycles. The molecule has 1 rings (SSSR count). The number of hydrogen-bond acceptors (Lipinski definition) is 6. The van der Waals surface area contributed by atoms with Crippen molar-refractivity contribution in [3.8, 4) is 5.75 Å². The van der Waals surface area contributed by atoms with E-state index in [2.05, 4.69) is 9.46 Å². The zero-order valence-electron chi connectivity index (χ0n) is 11.3. The second-order valence-corrected chi connectivity index (χ2v) is 6.08. The SMILES string of the molecule is COC(=O)C(C)S(=O)(=O)NCCOc1ccccc1N. The molecule has 0 aliphatic rings. The molecule has 0 bridgehead atoms. The van der Waals surface area contributed by atoms with Crippen LogP contribution in [0.5, 0.6) is 5.75 Å². The summed E-state index contributed by atoms with van der Waals surface area (Å²) in [6.07, 6.45) is 0. The highest BCUT2D eigenvalue weighted by Crippen LogP contribution is 2.19. The predicted molar refractivity (Wildman–Crippen MR) is 74.7 cm³/mol. The molecule has 20 heavy (non-hydrogen) atoms. The Hall–Kier alpha value is -1.80. The van der Waals surface area contributed by atoms with Crippen molar-refractivity contribution >= 4 is 21.7 Å². The summed E-state index contributed by atoms with van der Waals surface area (Å²) in [5.41, 5.74) is 6.14. The van der Waals surface area contributed by atoms with Gasteiger partial charge in [-0.1, -0.05) is 12.1 Å². The maximum absolute atomic E-state index is 11.7. The molecule has 1 aromatic rings. The third kappa shape index (κ3) is 4.39. The molecule has 1 atom stereocenters. The van der Waals surface area contributed by atoms with Gasteiger partial charge in [0.1, 0.15) is 12.4 Å². The lowest BCUT2D eigenvalue weighted by molar-refractivity contribution is -0.139. The number of sulfonamides is 1. The van der Waals surface area contributed by atoms with Crippen LogP contribution in [0.4, 0.5) is 5.69 Å². The Morgan fingerprint density at radius 1 is 1.40 bits per heavy atom. The summed E-state index contributed by atoms with van der Waals surface area (Å²) in [5.74, 6) is -0.335. The molecule has 112 valence electrons. The zero-order chi connectivity index (χ0) is 15.2. The first kappa shape index (κ1) is 16.3. The minimum absolute atomic E-state index is 0.0258. The molecule has 3 N–H and O–H groups in total. The number of ether oxygens (including phenoxy) is 2. The molecule has 0 fully saturated rings. The number of nitrogens with two attached hydrogens (primary N) is 1. The van der Waals surface area contributed by atoms with Crippen LogP contribution in [-0.4, -0.2) is 39.9 Å². The highest BCUT2D eigenvalue weighted by Gasteiger charge is 2.28. The fourth-order valence-electron chi connectivity index (χ4n) is 1.37. The van der Waals surface area contributed by atoms with Crippen LogP contribution in [0.15, 0.2) is 24.3 Å². The highest BCUT2D eigenvalue weighted by atomic mass is 32.2. The van der Waals surface area contributed by atoms with Crippen LogP contribution in [0.2, 0.25) is 0 Å².